The lowest BCUT2D eigenvalue weighted by atomic mass is 10.2. The molecule has 0 aliphatic rings. The average Bonchev–Trinajstić information content (AvgIpc) is 2.43. The molecule has 0 heterocycles. The molecule has 4 nitrogen and oxygen atoms in total. The Morgan fingerprint density at radius 2 is 1.90 bits per heavy atom. The molecule has 116 valence electrons. The molecule has 1 N–H and O–H groups in total. The maximum absolute atomic E-state index is 12.7. The van der Waals surface area contributed by atoms with E-state index in [2.05, 4.69) is 9.47 Å². The first-order valence-electron chi connectivity index (χ1n) is 6.13. The van der Waals surface area contributed by atoms with Gasteiger partial charge in [0.2, 0.25) is 0 Å². The summed E-state index contributed by atoms with van der Waals surface area (Å²) < 4.78 is 46.7. The summed E-state index contributed by atoms with van der Waals surface area (Å²) in [4.78, 5) is 11.2. The van der Waals surface area contributed by atoms with Gasteiger partial charge in [-0.1, -0.05) is 42.5 Å². The summed E-state index contributed by atoms with van der Waals surface area (Å²) in [5, 5.41) is 9.39. The minimum absolute atomic E-state index is 0.305. The second kappa shape index (κ2) is 7.24. The number of hydrogen-bond acceptors (Lipinski definition) is 4. The van der Waals surface area contributed by atoms with E-state index in [1.807, 2.05) is 0 Å². The van der Waals surface area contributed by atoms with Crippen LogP contribution in [0.5, 0.6) is 0 Å². The molecule has 0 fully saturated rings. The number of halogens is 3. The van der Waals surface area contributed by atoms with Crippen molar-refractivity contribution < 1.29 is 32.5 Å². The zero-order valence-corrected chi connectivity index (χ0v) is 11.3. The molecule has 1 unspecified atom stereocenters. The minimum Gasteiger partial charge on any atom is -0.462 e. The maximum Gasteiger partial charge on any atom is 0.455 e. The Kier molecular flexibility index (Phi) is 5.92. The zero-order valence-electron chi connectivity index (χ0n) is 11.3. The van der Waals surface area contributed by atoms with Crippen LogP contribution < -0.4 is 0 Å². The highest BCUT2D eigenvalue weighted by Gasteiger charge is 2.62. The Labute approximate surface area is 119 Å². The van der Waals surface area contributed by atoms with Gasteiger partial charge >= 0.3 is 17.9 Å². The van der Waals surface area contributed by atoms with Crippen LogP contribution in [0.2, 0.25) is 0 Å². The largest absolute Gasteiger partial charge is 0.462 e. The molecule has 0 saturated heterocycles. The van der Waals surface area contributed by atoms with Gasteiger partial charge in [0.05, 0.1) is 13.2 Å². The minimum atomic E-state index is -5.29. The first kappa shape index (κ1) is 17.2. The van der Waals surface area contributed by atoms with Crippen LogP contribution in [-0.2, 0) is 14.3 Å². The van der Waals surface area contributed by atoms with Gasteiger partial charge in [0.15, 0.2) is 0 Å². The van der Waals surface area contributed by atoms with Crippen LogP contribution in [-0.4, -0.2) is 36.3 Å². The third-order valence-corrected chi connectivity index (χ3v) is 2.43. The second-order valence-corrected chi connectivity index (χ2v) is 3.99. The molecule has 0 bridgehead atoms. The second-order valence-electron chi connectivity index (χ2n) is 3.99. The SMILES string of the molecule is CCOC(=O)C(O)(OC/C=C/c1ccccc1)C(F)(F)F. The summed E-state index contributed by atoms with van der Waals surface area (Å²) in [7, 11) is 0. The van der Waals surface area contributed by atoms with Crippen LogP contribution >= 0.6 is 0 Å². The van der Waals surface area contributed by atoms with Crippen molar-refractivity contribution in [2.24, 2.45) is 0 Å². The van der Waals surface area contributed by atoms with E-state index in [1.54, 1.807) is 30.3 Å². The number of carbonyl (C=O) groups is 1. The maximum atomic E-state index is 12.7. The molecule has 0 aliphatic carbocycles. The molecule has 1 rings (SSSR count). The molecular formula is C14H15F3O4. The van der Waals surface area contributed by atoms with E-state index >= 15 is 0 Å². The van der Waals surface area contributed by atoms with Crippen molar-refractivity contribution >= 4 is 12.0 Å². The molecule has 0 saturated carbocycles. The standard InChI is InChI=1S/C14H15F3O4/c1-2-20-12(18)13(19,14(15,16)17)21-10-6-9-11-7-4-3-5-8-11/h3-9,19H,2,10H2,1H3/b9-6+. The van der Waals surface area contributed by atoms with Crippen molar-refractivity contribution in [1.82, 2.24) is 0 Å². The number of ether oxygens (including phenoxy) is 2. The van der Waals surface area contributed by atoms with Crippen molar-refractivity contribution in [3.05, 3.63) is 42.0 Å². The van der Waals surface area contributed by atoms with Gasteiger partial charge in [-0.25, -0.2) is 4.79 Å². The lowest BCUT2D eigenvalue weighted by molar-refractivity contribution is -0.350. The highest BCUT2D eigenvalue weighted by Crippen LogP contribution is 2.32. The molecule has 0 spiro atoms. The Bertz CT molecular complexity index is 485. The summed E-state index contributed by atoms with van der Waals surface area (Å²) in [6.45, 7) is 0.411. The van der Waals surface area contributed by atoms with E-state index < -0.39 is 24.5 Å². The molecule has 0 radical (unpaired) electrons. The van der Waals surface area contributed by atoms with Crippen molar-refractivity contribution in [2.75, 3.05) is 13.2 Å². The van der Waals surface area contributed by atoms with Gasteiger partial charge in [-0.3, -0.25) is 0 Å². The number of hydrogen-bond donors (Lipinski definition) is 1. The number of aliphatic hydroxyl groups is 1. The van der Waals surface area contributed by atoms with Crippen LogP contribution in [0.1, 0.15) is 12.5 Å². The van der Waals surface area contributed by atoms with Gasteiger partial charge in [-0.15, -0.1) is 0 Å². The Balaban J connectivity index is 2.71. The molecule has 0 amide bonds. The van der Waals surface area contributed by atoms with Gasteiger partial charge in [0.25, 0.3) is 0 Å². The van der Waals surface area contributed by atoms with Gasteiger partial charge < -0.3 is 14.6 Å². The lowest BCUT2D eigenvalue weighted by Gasteiger charge is -2.27. The number of benzene rings is 1. The molecule has 1 aromatic carbocycles. The van der Waals surface area contributed by atoms with E-state index in [0.717, 1.165) is 5.56 Å². The summed E-state index contributed by atoms with van der Waals surface area (Å²) in [6.07, 6.45) is -2.53. The smallest absolute Gasteiger partial charge is 0.455 e. The Morgan fingerprint density at radius 3 is 2.43 bits per heavy atom. The fourth-order valence-electron chi connectivity index (χ4n) is 1.40. The number of rotatable bonds is 6. The summed E-state index contributed by atoms with van der Waals surface area (Å²) in [5.74, 6) is -5.85. The third kappa shape index (κ3) is 4.57. The van der Waals surface area contributed by atoms with E-state index in [4.69, 9.17) is 0 Å². The van der Waals surface area contributed by atoms with E-state index in [1.165, 1.54) is 19.1 Å². The van der Waals surface area contributed by atoms with Crippen molar-refractivity contribution in [3.63, 3.8) is 0 Å². The van der Waals surface area contributed by atoms with Gasteiger partial charge in [-0.05, 0) is 12.5 Å². The summed E-state index contributed by atoms with van der Waals surface area (Å²) in [6, 6.07) is 8.77. The van der Waals surface area contributed by atoms with Crippen LogP contribution in [0.25, 0.3) is 6.08 Å². The quantitative estimate of drug-likeness (QED) is 0.648. The highest BCUT2D eigenvalue weighted by atomic mass is 19.4. The Morgan fingerprint density at radius 1 is 1.29 bits per heavy atom. The highest BCUT2D eigenvalue weighted by molar-refractivity contribution is 5.78. The Hall–Kier alpha value is -1.86. The molecule has 1 aromatic rings. The molecule has 1 atom stereocenters. The molecule has 0 aliphatic heterocycles. The molecule has 0 aromatic heterocycles. The zero-order chi connectivity index (χ0) is 15.9. The predicted molar refractivity (Wildman–Crippen MR) is 69.1 cm³/mol. The van der Waals surface area contributed by atoms with Crippen molar-refractivity contribution in [1.29, 1.82) is 0 Å². The van der Waals surface area contributed by atoms with Crippen LogP contribution in [0, 0.1) is 0 Å². The fraction of sp³-hybridized carbons (Fsp3) is 0.357. The number of alkyl halides is 3. The summed E-state index contributed by atoms with van der Waals surface area (Å²) >= 11 is 0. The first-order valence-corrected chi connectivity index (χ1v) is 6.13. The summed E-state index contributed by atoms with van der Waals surface area (Å²) in [5.41, 5.74) is 0.743. The fourth-order valence-corrected chi connectivity index (χ4v) is 1.40. The van der Waals surface area contributed by atoms with E-state index in [-0.39, 0.29) is 6.61 Å². The van der Waals surface area contributed by atoms with Crippen LogP contribution in [0.4, 0.5) is 13.2 Å². The normalized spacial score (nSPS) is 14.9. The van der Waals surface area contributed by atoms with Crippen molar-refractivity contribution in [2.45, 2.75) is 18.9 Å². The van der Waals surface area contributed by atoms with Crippen LogP contribution in [0.3, 0.4) is 0 Å². The van der Waals surface area contributed by atoms with Gasteiger partial charge in [0, 0.05) is 0 Å². The third-order valence-electron chi connectivity index (χ3n) is 2.43. The van der Waals surface area contributed by atoms with Crippen LogP contribution in [0.15, 0.2) is 36.4 Å². The molecular weight excluding hydrogens is 289 g/mol. The van der Waals surface area contributed by atoms with Gasteiger partial charge in [0.1, 0.15) is 0 Å². The number of carbonyl (C=O) groups excluding carboxylic acids is 1. The molecule has 7 heteroatoms. The first-order chi connectivity index (χ1) is 9.81. The van der Waals surface area contributed by atoms with E-state index in [9.17, 15) is 23.1 Å². The molecule has 21 heavy (non-hydrogen) atoms. The number of esters is 1. The topological polar surface area (TPSA) is 55.8 Å². The predicted octanol–water partition coefficient (Wildman–Crippen LogP) is 2.53. The average molecular weight is 304 g/mol. The lowest BCUT2D eigenvalue weighted by Crippen LogP contribution is -2.55. The van der Waals surface area contributed by atoms with Crippen molar-refractivity contribution in [3.8, 4) is 0 Å². The van der Waals surface area contributed by atoms with Gasteiger partial charge in [-0.2, -0.15) is 13.2 Å². The monoisotopic (exact) mass is 304 g/mol. The van der Waals surface area contributed by atoms with E-state index in [0.29, 0.717) is 0 Å².